The highest BCUT2D eigenvalue weighted by atomic mass is 19.4. The van der Waals surface area contributed by atoms with Crippen LogP contribution in [0.3, 0.4) is 0 Å². The van der Waals surface area contributed by atoms with Crippen molar-refractivity contribution in [1.29, 1.82) is 0 Å². The van der Waals surface area contributed by atoms with Crippen LogP contribution in [-0.4, -0.2) is 22.2 Å². The molecular weight excluding hydrogens is 399 g/mol. The van der Waals surface area contributed by atoms with Gasteiger partial charge in [-0.25, -0.2) is 9.48 Å². The quantitative estimate of drug-likeness (QED) is 0.591. The first-order valence-corrected chi connectivity index (χ1v) is 9.02. The van der Waals surface area contributed by atoms with Crippen LogP contribution in [0.5, 0.6) is 11.5 Å². The van der Waals surface area contributed by atoms with Gasteiger partial charge in [0.05, 0.1) is 11.4 Å². The van der Waals surface area contributed by atoms with Gasteiger partial charge in [-0.05, 0) is 36.4 Å². The minimum atomic E-state index is -4.78. The van der Waals surface area contributed by atoms with Crippen LogP contribution in [0.25, 0.3) is 5.69 Å². The van der Waals surface area contributed by atoms with Gasteiger partial charge in [0.15, 0.2) is 0 Å². The summed E-state index contributed by atoms with van der Waals surface area (Å²) in [7, 11) is 0. The molecule has 1 amide bonds. The molecule has 0 bridgehead atoms. The van der Waals surface area contributed by atoms with Crippen molar-refractivity contribution in [2.45, 2.75) is 32.5 Å². The number of carbonyl (C=O) groups excluding carboxylic acids is 1. The van der Waals surface area contributed by atoms with Gasteiger partial charge in [0.25, 0.3) is 0 Å². The standard InChI is InChI=1S/C21H20F3N3O3/c1-20(2,3)17-13-18(25-19(28)29-15-7-5-4-6-8-15)27(26-17)14-9-11-16(12-10-14)30-21(22,23)24/h4-13H,1-3H3,(H,25,28). The van der Waals surface area contributed by atoms with Crippen molar-refractivity contribution >= 4 is 11.9 Å². The van der Waals surface area contributed by atoms with E-state index in [-0.39, 0.29) is 11.2 Å². The maximum absolute atomic E-state index is 12.4. The van der Waals surface area contributed by atoms with Gasteiger partial charge >= 0.3 is 12.5 Å². The molecule has 3 aromatic rings. The summed E-state index contributed by atoms with van der Waals surface area (Å²) in [6, 6.07) is 15.4. The van der Waals surface area contributed by atoms with E-state index in [1.54, 1.807) is 36.4 Å². The number of hydrogen-bond acceptors (Lipinski definition) is 4. The molecule has 0 aliphatic rings. The van der Waals surface area contributed by atoms with Crippen molar-refractivity contribution < 1.29 is 27.4 Å². The molecule has 0 spiro atoms. The summed E-state index contributed by atoms with van der Waals surface area (Å²) >= 11 is 0. The average molecular weight is 419 g/mol. The lowest BCUT2D eigenvalue weighted by Crippen LogP contribution is -2.19. The predicted molar refractivity (Wildman–Crippen MR) is 105 cm³/mol. The zero-order chi connectivity index (χ0) is 21.9. The second kappa shape index (κ2) is 8.10. The molecule has 6 nitrogen and oxygen atoms in total. The number of rotatable bonds is 4. The Morgan fingerprint density at radius 1 is 0.967 bits per heavy atom. The van der Waals surface area contributed by atoms with E-state index in [9.17, 15) is 18.0 Å². The molecule has 0 atom stereocenters. The first-order valence-electron chi connectivity index (χ1n) is 9.02. The van der Waals surface area contributed by atoms with Crippen molar-refractivity contribution in [2.75, 3.05) is 5.32 Å². The van der Waals surface area contributed by atoms with Crippen molar-refractivity contribution in [1.82, 2.24) is 9.78 Å². The molecule has 158 valence electrons. The van der Waals surface area contributed by atoms with Crippen LogP contribution in [0.15, 0.2) is 60.7 Å². The number of aromatic nitrogens is 2. The molecule has 3 rings (SSSR count). The lowest BCUT2D eigenvalue weighted by atomic mass is 9.92. The van der Waals surface area contributed by atoms with Gasteiger partial charge in [-0.1, -0.05) is 39.0 Å². The summed E-state index contributed by atoms with van der Waals surface area (Å²) in [5.41, 5.74) is 0.785. The fourth-order valence-corrected chi connectivity index (χ4v) is 2.55. The number of ether oxygens (including phenoxy) is 2. The number of nitrogens with one attached hydrogen (secondary N) is 1. The van der Waals surface area contributed by atoms with Crippen LogP contribution in [0.1, 0.15) is 26.5 Å². The number of hydrogen-bond donors (Lipinski definition) is 1. The normalized spacial score (nSPS) is 11.8. The molecule has 0 aliphatic carbocycles. The van der Waals surface area contributed by atoms with Crippen LogP contribution in [-0.2, 0) is 5.41 Å². The van der Waals surface area contributed by atoms with E-state index in [2.05, 4.69) is 15.2 Å². The molecular formula is C21H20F3N3O3. The van der Waals surface area contributed by atoms with Gasteiger partial charge in [0, 0.05) is 11.5 Å². The van der Waals surface area contributed by atoms with Gasteiger partial charge in [0.1, 0.15) is 17.3 Å². The third-order valence-corrected chi connectivity index (χ3v) is 3.98. The number of benzene rings is 2. The Hall–Kier alpha value is -3.49. The van der Waals surface area contributed by atoms with E-state index in [1.165, 1.54) is 28.9 Å². The Morgan fingerprint density at radius 2 is 1.60 bits per heavy atom. The SMILES string of the molecule is CC(C)(C)c1cc(NC(=O)Oc2ccccc2)n(-c2ccc(OC(F)(F)F)cc2)n1. The Labute approximate surface area is 171 Å². The minimum absolute atomic E-state index is 0.311. The molecule has 0 radical (unpaired) electrons. The summed E-state index contributed by atoms with van der Waals surface area (Å²) in [4.78, 5) is 12.3. The molecule has 30 heavy (non-hydrogen) atoms. The average Bonchev–Trinajstić information content (AvgIpc) is 3.06. The molecule has 1 heterocycles. The summed E-state index contributed by atoms with van der Waals surface area (Å²) in [6.07, 6.45) is -5.50. The van der Waals surface area contributed by atoms with Gasteiger partial charge in [0.2, 0.25) is 0 Å². The highest BCUT2D eigenvalue weighted by molar-refractivity contribution is 5.85. The fraction of sp³-hybridized carbons (Fsp3) is 0.238. The summed E-state index contributed by atoms with van der Waals surface area (Å²) in [5, 5.41) is 7.13. The van der Waals surface area contributed by atoms with Crippen molar-refractivity contribution in [3.05, 3.63) is 66.4 Å². The smallest absolute Gasteiger partial charge is 0.410 e. The van der Waals surface area contributed by atoms with Gasteiger partial charge < -0.3 is 9.47 Å². The van der Waals surface area contributed by atoms with E-state index in [4.69, 9.17) is 4.74 Å². The maximum Gasteiger partial charge on any atom is 0.573 e. The summed E-state index contributed by atoms with van der Waals surface area (Å²) in [6.45, 7) is 5.85. The Kier molecular flexibility index (Phi) is 5.73. The number of para-hydroxylation sites is 1. The lowest BCUT2D eigenvalue weighted by Gasteiger charge is -2.14. The Balaban J connectivity index is 1.88. The molecule has 0 unspecified atom stereocenters. The largest absolute Gasteiger partial charge is 0.573 e. The molecule has 0 aliphatic heterocycles. The summed E-state index contributed by atoms with van der Waals surface area (Å²) in [5.74, 6) is 0.323. The van der Waals surface area contributed by atoms with Crippen molar-refractivity contribution in [2.24, 2.45) is 0 Å². The van der Waals surface area contributed by atoms with E-state index in [1.807, 2.05) is 20.8 Å². The zero-order valence-corrected chi connectivity index (χ0v) is 16.5. The predicted octanol–water partition coefficient (Wildman–Crippen LogP) is 5.68. The van der Waals surface area contributed by atoms with Gasteiger partial charge in [-0.2, -0.15) is 5.10 Å². The zero-order valence-electron chi connectivity index (χ0n) is 16.5. The molecule has 0 saturated heterocycles. The van der Waals surface area contributed by atoms with Crippen LogP contribution >= 0.6 is 0 Å². The third-order valence-electron chi connectivity index (χ3n) is 3.98. The van der Waals surface area contributed by atoms with Crippen LogP contribution in [0.2, 0.25) is 0 Å². The molecule has 9 heteroatoms. The number of anilines is 1. The molecule has 1 N–H and O–H groups in total. The minimum Gasteiger partial charge on any atom is -0.410 e. The summed E-state index contributed by atoms with van der Waals surface area (Å²) < 4.78 is 47.7. The lowest BCUT2D eigenvalue weighted by molar-refractivity contribution is -0.274. The van der Waals surface area contributed by atoms with E-state index in [0.717, 1.165) is 0 Å². The monoisotopic (exact) mass is 419 g/mol. The second-order valence-electron chi connectivity index (χ2n) is 7.45. The fourth-order valence-electron chi connectivity index (χ4n) is 2.55. The number of halogens is 3. The van der Waals surface area contributed by atoms with E-state index in [0.29, 0.717) is 22.9 Å². The highest BCUT2D eigenvalue weighted by Gasteiger charge is 2.31. The molecule has 0 fully saturated rings. The van der Waals surface area contributed by atoms with Crippen LogP contribution < -0.4 is 14.8 Å². The van der Waals surface area contributed by atoms with Crippen LogP contribution in [0, 0.1) is 0 Å². The second-order valence-corrected chi connectivity index (χ2v) is 7.45. The van der Waals surface area contributed by atoms with Gasteiger partial charge in [-0.15, -0.1) is 13.2 Å². The van der Waals surface area contributed by atoms with Gasteiger partial charge in [-0.3, -0.25) is 5.32 Å². The first-order chi connectivity index (χ1) is 14.0. The van der Waals surface area contributed by atoms with E-state index >= 15 is 0 Å². The molecule has 0 saturated carbocycles. The number of alkyl halides is 3. The van der Waals surface area contributed by atoms with Crippen LogP contribution in [0.4, 0.5) is 23.8 Å². The highest BCUT2D eigenvalue weighted by Crippen LogP contribution is 2.28. The Bertz CT molecular complexity index is 1010. The topological polar surface area (TPSA) is 65.4 Å². The third kappa shape index (κ3) is 5.53. The Morgan fingerprint density at radius 3 is 2.17 bits per heavy atom. The van der Waals surface area contributed by atoms with Crippen molar-refractivity contribution in [3.8, 4) is 17.2 Å². The van der Waals surface area contributed by atoms with E-state index < -0.39 is 12.5 Å². The first kappa shape index (κ1) is 21.2. The number of nitrogens with zero attached hydrogens (tertiary/aromatic N) is 2. The van der Waals surface area contributed by atoms with Crippen molar-refractivity contribution in [3.63, 3.8) is 0 Å². The number of amides is 1. The number of carbonyl (C=O) groups is 1. The molecule has 1 aromatic heterocycles. The molecule has 2 aromatic carbocycles. The maximum atomic E-state index is 12.4.